The van der Waals surface area contributed by atoms with Crippen LogP contribution in [0.1, 0.15) is 24.0 Å². The van der Waals surface area contributed by atoms with Gasteiger partial charge in [0.25, 0.3) is 0 Å². The van der Waals surface area contributed by atoms with Crippen LogP contribution in [0.4, 0.5) is 0 Å². The molecular formula is C11H13NO2. The highest BCUT2D eigenvalue weighted by Gasteiger charge is 2.47. The van der Waals surface area contributed by atoms with Gasteiger partial charge in [0, 0.05) is 18.5 Å². The first-order valence-corrected chi connectivity index (χ1v) is 4.97. The van der Waals surface area contributed by atoms with Crippen LogP contribution >= 0.6 is 0 Å². The van der Waals surface area contributed by atoms with Gasteiger partial charge in [-0.15, -0.1) is 0 Å². The lowest BCUT2D eigenvalue weighted by Gasteiger charge is -2.26. The van der Waals surface area contributed by atoms with E-state index in [1.165, 1.54) is 18.4 Å². The maximum Gasteiger partial charge on any atom is 0.157 e. The number of aromatic hydroxyl groups is 2. The molecule has 14 heavy (non-hydrogen) atoms. The number of hydrogen-bond acceptors (Lipinski definition) is 3. The third-order valence-electron chi connectivity index (χ3n) is 3.40. The van der Waals surface area contributed by atoms with Gasteiger partial charge in [0.1, 0.15) is 0 Å². The summed E-state index contributed by atoms with van der Waals surface area (Å²) < 4.78 is 0. The second kappa shape index (κ2) is 2.42. The zero-order valence-electron chi connectivity index (χ0n) is 7.88. The molecule has 1 aromatic rings. The third kappa shape index (κ3) is 0.960. The fourth-order valence-corrected chi connectivity index (χ4v) is 2.39. The summed E-state index contributed by atoms with van der Waals surface area (Å²) in [5.41, 5.74) is 2.62. The smallest absolute Gasteiger partial charge is 0.157 e. The summed E-state index contributed by atoms with van der Waals surface area (Å²) in [6.07, 6.45) is 2.38. The molecule has 3 N–H and O–H groups in total. The standard InChI is InChI=1S/C11H13NO2/c13-9-3-7-5-12-6-11(1-2-11)8(7)4-10(9)14/h3-4,12-14H,1-2,5-6H2. The number of rotatable bonds is 0. The Morgan fingerprint density at radius 3 is 2.57 bits per heavy atom. The molecule has 3 rings (SSSR count). The van der Waals surface area contributed by atoms with Crippen molar-refractivity contribution < 1.29 is 10.2 Å². The number of phenolic OH excluding ortho intramolecular Hbond substituents is 2. The minimum Gasteiger partial charge on any atom is -0.504 e. The summed E-state index contributed by atoms with van der Waals surface area (Å²) in [5.74, 6) is 0.000162. The number of nitrogens with one attached hydrogen (secondary N) is 1. The van der Waals surface area contributed by atoms with Gasteiger partial charge in [-0.25, -0.2) is 0 Å². The molecule has 0 unspecified atom stereocenters. The molecule has 1 saturated carbocycles. The molecule has 0 saturated heterocycles. The molecule has 74 valence electrons. The molecule has 0 amide bonds. The van der Waals surface area contributed by atoms with Crippen molar-refractivity contribution in [2.75, 3.05) is 6.54 Å². The summed E-state index contributed by atoms with van der Waals surface area (Å²) in [7, 11) is 0. The van der Waals surface area contributed by atoms with E-state index in [1.54, 1.807) is 12.1 Å². The molecule has 3 nitrogen and oxygen atoms in total. The van der Waals surface area contributed by atoms with E-state index >= 15 is 0 Å². The fourth-order valence-electron chi connectivity index (χ4n) is 2.39. The van der Waals surface area contributed by atoms with Gasteiger partial charge < -0.3 is 15.5 Å². The highest BCUT2D eigenvalue weighted by Crippen LogP contribution is 2.52. The van der Waals surface area contributed by atoms with Crippen LogP contribution in [0, 0.1) is 0 Å². The molecule has 0 aromatic heterocycles. The first kappa shape index (κ1) is 8.12. The second-order valence-electron chi connectivity index (χ2n) is 4.38. The molecule has 1 spiro atoms. The quantitative estimate of drug-likeness (QED) is 0.541. The molecule has 1 aliphatic heterocycles. The summed E-state index contributed by atoms with van der Waals surface area (Å²) in [4.78, 5) is 0. The largest absolute Gasteiger partial charge is 0.504 e. The minimum absolute atomic E-state index is 0.0109. The number of phenols is 2. The van der Waals surface area contributed by atoms with Crippen LogP contribution in [-0.4, -0.2) is 16.8 Å². The van der Waals surface area contributed by atoms with Crippen molar-refractivity contribution in [1.82, 2.24) is 5.32 Å². The highest BCUT2D eigenvalue weighted by molar-refractivity contribution is 5.51. The molecular weight excluding hydrogens is 178 g/mol. The maximum atomic E-state index is 9.46. The Hall–Kier alpha value is -1.22. The van der Waals surface area contributed by atoms with Gasteiger partial charge in [-0.05, 0) is 36.1 Å². The van der Waals surface area contributed by atoms with Crippen molar-refractivity contribution >= 4 is 0 Å². The molecule has 0 bridgehead atoms. The SMILES string of the molecule is Oc1cc2c(cc1O)C1(CC1)CNC2. The van der Waals surface area contributed by atoms with Crippen molar-refractivity contribution in [2.24, 2.45) is 0 Å². The highest BCUT2D eigenvalue weighted by atomic mass is 16.3. The van der Waals surface area contributed by atoms with Crippen LogP contribution < -0.4 is 5.32 Å². The molecule has 1 aliphatic carbocycles. The predicted octanol–water partition coefficient (Wildman–Crippen LogP) is 1.23. The van der Waals surface area contributed by atoms with Crippen molar-refractivity contribution in [2.45, 2.75) is 24.8 Å². The molecule has 1 aromatic carbocycles. The average molecular weight is 191 g/mol. The number of benzene rings is 1. The number of fused-ring (bicyclic) bond motifs is 2. The van der Waals surface area contributed by atoms with E-state index in [4.69, 9.17) is 0 Å². The first-order chi connectivity index (χ1) is 6.71. The fraction of sp³-hybridized carbons (Fsp3) is 0.455. The average Bonchev–Trinajstić information content (AvgIpc) is 2.91. The molecule has 3 heteroatoms. The monoisotopic (exact) mass is 191 g/mol. The zero-order chi connectivity index (χ0) is 9.76. The Morgan fingerprint density at radius 2 is 1.86 bits per heavy atom. The van der Waals surface area contributed by atoms with E-state index in [2.05, 4.69) is 5.32 Å². The van der Waals surface area contributed by atoms with E-state index in [-0.39, 0.29) is 16.9 Å². The van der Waals surface area contributed by atoms with Crippen LogP contribution in [0.15, 0.2) is 12.1 Å². The summed E-state index contributed by atoms with van der Waals surface area (Å²) in [6.45, 7) is 1.80. The topological polar surface area (TPSA) is 52.5 Å². The first-order valence-electron chi connectivity index (χ1n) is 4.97. The zero-order valence-corrected chi connectivity index (χ0v) is 7.88. The minimum atomic E-state index is -0.0109. The van der Waals surface area contributed by atoms with Gasteiger partial charge in [-0.3, -0.25) is 0 Å². The van der Waals surface area contributed by atoms with E-state index in [0.717, 1.165) is 18.7 Å². The Balaban J connectivity index is 2.18. The summed E-state index contributed by atoms with van der Waals surface area (Å²) >= 11 is 0. The van der Waals surface area contributed by atoms with Crippen LogP contribution in [0.3, 0.4) is 0 Å². The van der Waals surface area contributed by atoms with Crippen LogP contribution in [0.25, 0.3) is 0 Å². The van der Waals surface area contributed by atoms with Gasteiger partial charge in [0.15, 0.2) is 11.5 Å². The summed E-state index contributed by atoms with van der Waals surface area (Å²) in [5, 5.41) is 22.2. The molecule has 2 aliphatic rings. The Morgan fingerprint density at radius 1 is 1.14 bits per heavy atom. The van der Waals surface area contributed by atoms with Crippen molar-refractivity contribution in [3.05, 3.63) is 23.3 Å². The molecule has 0 atom stereocenters. The van der Waals surface area contributed by atoms with Crippen LogP contribution in [0.2, 0.25) is 0 Å². The van der Waals surface area contributed by atoms with Gasteiger partial charge in [-0.1, -0.05) is 0 Å². The molecule has 1 heterocycles. The van der Waals surface area contributed by atoms with Gasteiger partial charge in [0.05, 0.1) is 0 Å². The lowest BCUT2D eigenvalue weighted by Crippen LogP contribution is -2.33. The Labute approximate surface area is 82.4 Å². The van der Waals surface area contributed by atoms with E-state index in [9.17, 15) is 10.2 Å². The van der Waals surface area contributed by atoms with E-state index < -0.39 is 0 Å². The second-order valence-corrected chi connectivity index (χ2v) is 4.38. The Kier molecular flexibility index (Phi) is 1.40. The Bertz CT molecular complexity index is 397. The summed E-state index contributed by atoms with van der Waals surface area (Å²) in [6, 6.07) is 3.41. The normalized spacial score (nSPS) is 22.0. The van der Waals surface area contributed by atoms with Crippen molar-refractivity contribution in [1.29, 1.82) is 0 Å². The molecule has 1 fully saturated rings. The van der Waals surface area contributed by atoms with Crippen LogP contribution in [-0.2, 0) is 12.0 Å². The maximum absolute atomic E-state index is 9.46. The molecule has 0 radical (unpaired) electrons. The lowest BCUT2D eigenvalue weighted by atomic mass is 9.88. The van der Waals surface area contributed by atoms with Crippen LogP contribution in [0.5, 0.6) is 11.5 Å². The lowest BCUT2D eigenvalue weighted by molar-refractivity contribution is 0.399. The van der Waals surface area contributed by atoms with E-state index in [0.29, 0.717) is 0 Å². The van der Waals surface area contributed by atoms with Gasteiger partial charge in [0.2, 0.25) is 0 Å². The predicted molar refractivity (Wildman–Crippen MR) is 52.4 cm³/mol. The van der Waals surface area contributed by atoms with Crippen molar-refractivity contribution in [3.63, 3.8) is 0 Å². The van der Waals surface area contributed by atoms with E-state index in [1.807, 2.05) is 0 Å². The van der Waals surface area contributed by atoms with Gasteiger partial charge in [-0.2, -0.15) is 0 Å². The third-order valence-corrected chi connectivity index (χ3v) is 3.40. The van der Waals surface area contributed by atoms with Crippen molar-refractivity contribution in [3.8, 4) is 11.5 Å². The van der Waals surface area contributed by atoms with Gasteiger partial charge >= 0.3 is 0 Å². The number of hydrogen-bond donors (Lipinski definition) is 3.